The second-order valence-corrected chi connectivity index (χ2v) is 6.04. The molecule has 1 unspecified atom stereocenters. The zero-order valence-electron chi connectivity index (χ0n) is 13.7. The van der Waals surface area contributed by atoms with Crippen molar-refractivity contribution in [3.05, 3.63) is 29.3 Å². The van der Waals surface area contributed by atoms with Crippen LogP contribution in [0.3, 0.4) is 0 Å². The SMILES string of the molecule is CCNC(COCC1CCCC1)c1cc(C)ccc1OC. The predicted octanol–water partition coefficient (Wildman–Crippen LogP) is 3.86. The molecule has 1 saturated carbocycles. The van der Waals surface area contributed by atoms with Gasteiger partial charge in [-0.3, -0.25) is 0 Å². The quantitative estimate of drug-likeness (QED) is 0.789. The molecule has 118 valence electrons. The van der Waals surface area contributed by atoms with Gasteiger partial charge in [0.1, 0.15) is 5.75 Å². The van der Waals surface area contributed by atoms with Gasteiger partial charge in [-0.05, 0) is 38.3 Å². The van der Waals surface area contributed by atoms with Gasteiger partial charge in [0, 0.05) is 12.2 Å². The second-order valence-electron chi connectivity index (χ2n) is 6.04. The summed E-state index contributed by atoms with van der Waals surface area (Å²) in [6.07, 6.45) is 5.41. The summed E-state index contributed by atoms with van der Waals surface area (Å²) in [7, 11) is 1.73. The third-order valence-corrected chi connectivity index (χ3v) is 4.32. The van der Waals surface area contributed by atoms with Crippen LogP contribution in [0.25, 0.3) is 0 Å². The molecule has 0 spiro atoms. The zero-order chi connectivity index (χ0) is 15.1. The maximum atomic E-state index is 6.01. The summed E-state index contributed by atoms with van der Waals surface area (Å²) in [6.45, 7) is 6.78. The summed E-state index contributed by atoms with van der Waals surface area (Å²) < 4.78 is 11.5. The summed E-state index contributed by atoms with van der Waals surface area (Å²) >= 11 is 0. The fraction of sp³-hybridized carbons (Fsp3) is 0.667. The van der Waals surface area contributed by atoms with Crippen molar-refractivity contribution in [2.45, 2.75) is 45.6 Å². The number of likely N-dealkylation sites (N-methyl/N-ethyl adjacent to an activating group) is 1. The van der Waals surface area contributed by atoms with E-state index in [1.165, 1.54) is 36.8 Å². The van der Waals surface area contributed by atoms with Gasteiger partial charge >= 0.3 is 0 Å². The molecule has 21 heavy (non-hydrogen) atoms. The summed E-state index contributed by atoms with van der Waals surface area (Å²) in [5.41, 5.74) is 2.45. The predicted molar refractivity (Wildman–Crippen MR) is 86.9 cm³/mol. The lowest BCUT2D eigenvalue weighted by Crippen LogP contribution is -2.26. The highest BCUT2D eigenvalue weighted by Gasteiger charge is 2.18. The molecule has 0 radical (unpaired) electrons. The molecule has 1 aromatic rings. The highest BCUT2D eigenvalue weighted by Crippen LogP contribution is 2.28. The molecular weight excluding hydrogens is 262 g/mol. The third kappa shape index (κ3) is 4.72. The molecule has 1 N–H and O–H groups in total. The van der Waals surface area contributed by atoms with E-state index in [-0.39, 0.29) is 6.04 Å². The van der Waals surface area contributed by atoms with Crippen molar-refractivity contribution in [2.75, 3.05) is 26.9 Å². The molecule has 0 bridgehead atoms. The second kappa shape index (κ2) is 8.40. The van der Waals surface area contributed by atoms with E-state index in [2.05, 4.69) is 31.3 Å². The minimum atomic E-state index is 0.200. The average Bonchev–Trinajstić information content (AvgIpc) is 2.99. The number of benzene rings is 1. The number of hydrogen-bond acceptors (Lipinski definition) is 3. The largest absolute Gasteiger partial charge is 0.496 e. The Kier molecular flexibility index (Phi) is 6.52. The fourth-order valence-corrected chi connectivity index (χ4v) is 3.16. The van der Waals surface area contributed by atoms with E-state index in [9.17, 15) is 0 Å². The molecule has 1 aliphatic rings. The van der Waals surface area contributed by atoms with Gasteiger partial charge in [-0.15, -0.1) is 0 Å². The maximum Gasteiger partial charge on any atom is 0.123 e. The van der Waals surface area contributed by atoms with Gasteiger partial charge in [0.05, 0.1) is 19.8 Å². The highest BCUT2D eigenvalue weighted by atomic mass is 16.5. The van der Waals surface area contributed by atoms with Crippen LogP contribution in [0, 0.1) is 12.8 Å². The van der Waals surface area contributed by atoms with Gasteiger partial charge in [0.2, 0.25) is 0 Å². The molecule has 1 aliphatic carbocycles. The van der Waals surface area contributed by atoms with E-state index in [4.69, 9.17) is 9.47 Å². The Bertz CT molecular complexity index is 427. The van der Waals surface area contributed by atoms with Crippen molar-refractivity contribution in [1.82, 2.24) is 5.32 Å². The Labute approximate surface area is 129 Å². The molecule has 2 rings (SSSR count). The first-order valence-electron chi connectivity index (χ1n) is 8.20. The molecule has 3 nitrogen and oxygen atoms in total. The van der Waals surface area contributed by atoms with Crippen LogP contribution >= 0.6 is 0 Å². The van der Waals surface area contributed by atoms with Crippen LogP contribution in [-0.2, 0) is 4.74 Å². The third-order valence-electron chi connectivity index (χ3n) is 4.32. The van der Waals surface area contributed by atoms with E-state index in [1.54, 1.807) is 7.11 Å². The molecule has 0 aromatic heterocycles. The Morgan fingerprint density at radius 2 is 2.05 bits per heavy atom. The number of ether oxygens (including phenoxy) is 2. The fourth-order valence-electron chi connectivity index (χ4n) is 3.16. The number of aryl methyl sites for hydroxylation is 1. The molecule has 1 atom stereocenters. The normalized spacial score (nSPS) is 17.1. The Morgan fingerprint density at radius 3 is 2.71 bits per heavy atom. The van der Waals surface area contributed by atoms with Crippen molar-refractivity contribution in [3.63, 3.8) is 0 Å². The minimum Gasteiger partial charge on any atom is -0.496 e. The summed E-state index contributed by atoms with van der Waals surface area (Å²) in [4.78, 5) is 0. The van der Waals surface area contributed by atoms with Crippen LogP contribution < -0.4 is 10.1 Å². The molecule has 0 amide bonds. The number of hydrogen-bond donors (Lipinski definition) is 1. The van der Waals surface area contributed by atoms with E-state index >= 15 is 0 Å². The van der Waals surface area contributed by atoms with E-state index in [0.29, 0.717) is 6.61 Å². The monoisotopic (exact) mass is 291 g/mol. The molecule has 0 saturated heterocycles. The van der Waals surface area contributed by atoms with E-state index in [1.807, 2.05) is 6.07 Å². The maximum absolute atomic E-state index is 6.01. The van der Waals surface area contributed by atoms with E-state index in [0.717, 1.165) is 24.8 Å². The highest BCUT2D eigenvalue weighted by molar-refractivity contribution is 5.39. The van der Waals surface area contributed by atoms with Crippen LogP contribution in [0.15, 0.2) is 18.2 Å². The van der Waals surface area contributed by atoms with Crippen LogP contribution in [0.2, 0.25) is 0 Å². The molecule has 3 heteroatoms. The molecule has 0 heterocycles. The Balaban J connectivity index is 1.98. The van der Waals surface area contributed by atoms with Crippen LogP contribution in [0.4, 0.5) is 0 Å². The lowest BCUT2D eigenvalue weighted by molar-refractivity contribution is 0.0826. The van der Waals surface area contributed by atoms with Crippen LogP contribution in [0.1, 0.15) is 49.8 Å². The van der Waals surface area contributed by atoms with Gasteiger partial charge in [-0.1, -0.05) is 37.5 Å². The van der Waals surface area contributed by atoms with Gasteiger partial charge < -0.3 is 14.8 Å². The summed E-state index contributed by atoms with van der Waals surface area (Å²) in [6, 6.07) is 6.54. The van der Waals surface area contributed by atoms with Crippen LogP contribution in [0.5, 0.6) is 5.75 Å². The zero-order valence-corrected chi connectivity index (χ0v) is 13.7. The molecular formula is C18H29NO2. The molecule has 0 aliphatic heterocycles. The smallest absolute Gasteiger partial charge is 0.123 e. The van der Waals surface area contributed by atoms with E-state index < -0.39 is 0 Å². The van der Waals surface area contributed by atoms with Crippen LogP contribution in [-0.4, -0.2) is 26.9 Å². The molecule has 1 aromatic carbocycles. The number of nitrogens with one attached hydrogen (secondary N) is 1. The summed E-state index contributed by atoms with van der Waals surface area (Å²) in [5.74, 6) is 1.71. The van der Waals surface area contributed by atoms with Gasteiger partial charge in [0.15, 0.2) is 0 Å². The van der Waals surface area contributed by atoms with Crippen molar-refractivity contribution >= 4 is 0 Å². The lowest BCUT2D eigenvalue weighted by atomic mass is 10.0. The minimum absolute atomic E-state index is 0.200. The average molecular weight is 291 g/mol. The van der Waals surface area contributed by atoms with Crippen molar-refractivity contribution in [3.8, 4) is 5.75 Å². The topological polar surface area (TPSA) is 30.5 Å². The van der Waals surface area contributed by atoms with Crippen molar-refractivity contribution < 1.29 is 9.47 Å². The first kappa shape index (κ1) is 16.3. The van der Waals surface area contributed by atoms with Gasteiger partial charge in [0.25, 0.3) is 0 Å². The number of methoxy groups -OCH3 is 1. The lowest BCUT2D eigenvalue weighted by Gasteiger charge is -2.22. The van der Waals surface area contributed by atoms with Gasteiger partial charge in [-0.25, -0.2) is 0 Å². The first-order chi connectivity index (χ1) is 10.2. The van der Waals surface area contributed by atoms with Crippen molar-refractivity contribution in [1.29, 1.82) is 0 Å². The Hall–Kier alpha value is -1.06. The number of rotatable bonds is 8. The first-order valence-corrected chi connectivity index (χ1v) is 8.20. The van der Waals surface area contributed by atoms with Gasteiger partial charge in [-0.2, -0.15) is 0 Å². The molecule has 1 fully saturated rings. The Morgan fingerprint density at radius 1 is 1.29 bits per heavy atom. The van der Waals surface area contributed by atoms with Crippen molar-refractivity contribution in [2.24, 2.45) is 5.92 Å². The summed E-state index contributed by atoms with van der Waals surface area (Å²) in [5, 5.41) is 3.52. The standard InChI is InChI=1S/C18H29NO2/c1-4-19-17(13-21-12-15-7-5-6-8-15)16-11-14(2)9-10-18(16)20-3/h9-11,15,17,19H,4-8,12-13H2,1-3H3.